The summed E-state index contributed by atoms with van der Waals surface area (Å²) < 4.78 is 0. The van der Waals surface area contributed by atoms with Crippen LogP contribution in [0.5, 0.6) is 0 Å². The Morgan fingerprint density at radius 2 is 1.74 bits per heavy atom. The molecule has 166 valence electrons. The van der Waals surface area contributed by atoms with Crippen LogP contribution in [0.4, 0.5) is 0 Å². The molecule has 0 aliphatic carbocycles. The van der Waals surface area contributed by atoms with E-state index in [0.717, 1.165) is 36.7 Å². The number of carbonyl (C=O) groups excluding carboxylic acids is 3. The van der Waals surface area contributed by atoms with Gasteiger partial charge >= 0.3 is 0 Å². The molecule has 1 aromatic carbocycles. The number of imide groups is 1. The number of benzene rings is 1. The van der Waals surface area contributed by atoms with Gasteiger partial charge in [-0.05, 0) is 87.8 Å². The van der Waals surface area contributed by atoms with Crippen molar-refractivity contribution >= 4 is 17.7 Å². The molecule has 3 fully saturated rings. The van der Waals surface area contributed by atoms with Crippen LogP contribution in [0.3, 0.4) is 0 Å². The second kappa shape index (κ2) is 8.71. The fourth-order valence-corrected chi connectivity index (χ4v) is 5.85. The van der Waals surface area contributed by atoms with E-state index >= 15 is 0 Å². The van der Waals surface area contributed by atoms with Gasteiger partial charge in [0.2, 0.25) is 11.8 Å². The summed E-state index contributed by atoms with van der Waals surface area (Å²) in [5, 5.41) is 5.84. The number of nitrogens with one attached hydrogen (secondary N) is 2. The van der Waals surface area contributed by atoms with E-state index in [1.165, 1.54) is 44.3 Å². The van der Waals surface area contributed by atoms with E-state index in [1.54, 1.807) is 4.90 Å². The Morgan fingerprint density at radius 3 is 2.48 bits per heavy atom. The Morgan fingerprint density at radius 1 is 0.968 bits per heavy atom. The zero-order chi connectivity index (χ0) is 21.4. The maximum atomic E-state index is 13.0. The molecule has 4 aliphatic heterocycles. The van der Waals surface area contributed by atoms with Crippen molar-refractivity contribution in [2.75, 3.05) is 26.2 Å². The van der Waals surface area contributed by atoms with Gasteiger partial charge in [0.1, 0.15) is 6.04 Å². The molecule has 0 bridgehead atoms. The normalized spacial score (nSPS) is 26.3. The average Bonchev–Trinajstić information content (AvgIpc) is 3.12. The van der Waals surface area contributed by atoms with Gasteiger partial charge in [-0.3, -0.25) is 19.7 Å². The molecule has 3 amide bonds. The lowest BCUT2D eigenvalue weighted by Crippen LogP contribution is -2.52. The molecule has 1 atom stereocenters. The van der Waals surface area contributed by atoms with Crippen molar-refractivity contribution in [2.45, 2.75) is 63.6 Å². The van der Waals surface area contributed by atoms with Gasteiger partial charge in [-0.2, -0.15) is 0 Å². The summed E-state index contributed by atoms with van der Waals surface area (Å²) in [4.78, 5) is 41.2. The molecule has 0 radical (unpaired) electrons. The molecule has 7 nitrogen and oxygen atoms in total. The van der Waals surface area contributed by atoms with Crippen LogP contribution < -0.4 is 10.6 Å². The zero-order valence-electron chi connectivity index (χ0n) is 18.1. The SMILES string of the molecule is O=C1CCC(N2Cc3c(CC4CCN(C5CCNCC5)CC4)cccc3C2=O)C(=O)N1. The smallest absolute Gasteiger partial charge is 0.255 e. The lowest BCUT2D eigenvalue weighted by molar-refractivity contribution is -0.136. The highest BCUT2D eigenvalue weighted by Crippen LogP contribution is 2.33. The van der Waals surface area contributed by atoms with Crippen molar-refractivity contribution in [3.63, 3.8) is 0 Å². The maximum absolute atomic E-state index is 13.0. The average molecular weight is 425 g/mol. The minimum atomic E-state index is -0.543. The second-order valence-electron chi connectivity index (χ2n) is 9.51. The molecule has 31 heavy (non-hydrogen) atoms. The standard InChI is InChI=1S/C24H32N4O3/c29-22-5-4-21(23(30)26-22)28-15-20-17(2-1-3-19(20)24(28)31)14-16-8-12-27(13-9-16)18-6-10-25-11-7-18/h1-3,16,18,21,25H,4-15H2,(H,26,29,30). The lowest BCUT2D eigenvalue weighted by atomic mass is 9.86. The molecule has 0 saturated carbocycles. The molecule has 7 heteroatoms. The minimum absolute atomic E-state index is 0.0768. The molecule has 1 aromatic rings. The molecule has 4 heterocycles. The largest absolute Gasteiger partial charge is 0.322 e. The highest BCUT2D eigenvalue weighted by Gasteiger charge is 2.40. The van der Waals surface area contributed by atoms with E-state index in [-0.39, 0.29) is 17.7 Å². The number of rotatable bonds is 4. The van der Waals surface area contributed by atoms with Crippen molar-refractivity contribution < 1.29 is 14.4 Å². The molecule has 3 saturated heterocycles. The van der Waals surface area contributed by atoms with E-state index in [9.17, 15) is 14.4 Å². The lowest BCUT2D eigenvalue weighted by Gasteiger charge is -2.39. The van der Waals surface area contributed by atoms with Gasteiger partial charge in [-0.15, -0.1) is 0 Å². The van der Waals surface area contributed by atoms with Crippen molar-refractivity contribution in [1.29, 1.82) is 0 Å². The molecule has 0 spiro atoms. The van der Waals surface area contributed by atoms with Crippen LogP contribution in [0, 0.1) is 5.92 Å². The van der Waals surface area contributed by atoms with Crippen LogP contribution >= 0.6 is 0 Å². The first-order valence-corrected chi connectivity index (χ1v) is 11.8. The number of amides is 3. The Labute approximate surface area is 183 Å². The van der Waals surface area contributed by atoms with Crippen LogP contribution in [-0.2, 0) is 22.6 Å². The number of nitrogens with zero attached hydrogens (tertiary/aromatic N) is 2. The number of hydrogen-bond acceptors (Lipinski definition) is 5. The molecule has 1 unspecified atom stereocenters. The van der Waals surface area contributed by atoms with Gasteiger partial charge in [0.15, 0.2) is 0 Å². The quantitative estimate of drug-likeness (QED) is 0.715. The van der Waals surface area contributed by atoms with Crippen LogP contribution in [0.25, 0.3) is 0 Å². The predicted molar refractivity (Wildman–Crippen MR) is 116 cm³/mol. The Kier molecular flexibility index (Phi) is 5.80. The summed E-state index contributed by atoms with van der Waals surface area (Å²) in [6.45, 7) is 5.10. The first kappa shape index (κ1) is 20.6. The summed E-state index contributed by atoms with van der Waals surface area (Å²) in [5.74, 6) is -0.0255. The number of likely N-dealkylation sites (tertiary alicyclic amines) is 1. The topological polar surface area (TPSA) is 81.8 Å². The number of hydrogen-bond donors (Lipinski definition) is 2. The summed E-state index contributed by atoms with van der Waals surface area (Å²) in [6, 6.07) is 6.21. The van der Waals surface area contributed by atoms with Crippen LogP contribution in [0.2, 0.25) is 0 Å². The maximum Gasteiger partial charge on any atom is 0.255 e. The summed E-state index contributed by atoms with van der Waals surface area (Å²) in [7, 11) is 0. The molecule has 0 aromatic heterocycles. The van der Waals surface area contributed by atoms with Crippen LogP contribution in [-0.4, -0.2) is 65.8 Å². The second-order valence-corrected chi connectivity index (χ2v) is 9.51. The predicted octanol–water partition coefficient (Wildman–Crippen LogP) is 1.45. The first-order valence-electron chi connectivity index (χ1n) is 11.8. The third kappa shape index (κ3) is 4.13. The van der Waals surface area contributed by atoms with Gasteiger partial charge < -0.3 is 15.1 Å². The Balaban J connectivity index is 1.24. The fraction of sp³-hybridized carbons (Fsp3) is 0.625. The Hall–Kier alpha value is -2.25. The van der Waals surface area contributed by atoms with Gasteiger partial charge in [-0.1, -0.05) is 12.1 Å². The fourth-order valence-electron chi connectivity index (χ4n) is 5.85. The van der Waals surface area contributed by atoms with E-state index in [2.05, 4.69) is 21.6 Å². The van der Waals surface area contributed by atoms with Crippen LogP contribution in [0.15, 0.2) is 18.2 Å². The summed E-state index contributed by atoms with van der Waals surface area (Å²) >= 11 is 0. The third-order valence-electron chi connectivity index (χ3n) is 7.66. The van der Waals surface area contributed by atoms with Crippen molar-refractivity contribution in [3.05, 3.63) is 34.9 Å². The van der Waals surface area contributed by atoms with Gasteiger partial charge in [0.25, 0.3) is 5.91 Å². The third-order valence-corrected chi connectivity index (χ3v) is 7.66. The number of carbonyl (C=O) groups is 3. The molecule has 4 aliphatic rings. The van der Waals surface area contributed by atoms with E-state index < -0.39 is 6.04 Å². The molecular weight excluding hydrogens is 392 g/mol. The van der Waals surface area contributed by atoms with E-state index in [0.29, 0.717) is 25.3 Å². The molecule has 2 N–H and O–H groups in total. The molecular formula is C24H32N4O3. The van der Waals surface area contributed by atoms with Crippen molar-refractivity contribution in [2.24, 2.45) is 5.92 Å². The van der Waals surface area contributed by atoms with Crippen LogP contribution in [0.1, 0.15) is 60.0 Å². The Bertz CT molecular complexity index is 872. The molecule has 5 rings (SSSR count). The van der Waals surface area contributed by atoms with Gasteiger partial charge in [0, 0.05) is 24.6 Å². The van der Waals surface area contributed by atoms with E-state index in [1.807, 2.05) is 12.1 Å². The first-order chi connectivity index (χ1) is 15.1. The summed E-state index contributed by atoms with van der Waals surface area (Å²) in [6.07, 6.45) is 6.63. The van der Waals surface area contributed by atoms with Crippen molar-refractivity contribution in [1.82, 2.24) is 20.4 Å². The van der Waals surface area contributed by atoms with Gasteiger partial charge in [0.05, 0.1) is 0 Å². The number of piperidine rings is 3. The minimum Gasteiger partial charge on any atom is -0.322 e. The zero-order valence-corrected chi connectivity index (χ0v) is 18.1. The van der Waals surface area contributed by atoms with E-state index in [4.69, 9.17) is 0 Å². The van der Waals surface area contributed by atoms with Crippen molar-refractivity contribution in [3.8, 4) is 0 Å². The summed E-state index contributed by atoms with van der Waals surface area (Å²) in [5.41, 5.74) is 3.06. The number of fused-ring (bicyclic) bond motifs is 1. The highest BCUT2D eigenvalue weighted by molar-refractivity contribution is 6.05. The monoisotopic (exact) mass is 424 g/mol. The highest BCUT2D eigenvalue weighted by atomic mass is 16.2. The van der Waals surface area contributed by atoms with Gasteiger partial charge in [-0.25, -0.2) is 0 Å².